The Labute approximate surface area is 133 Å². The maximum atomic E-state index is 12.0. The van der Waals surface area contributed by atoms with Crippen LogP contribution in [0.2, 0.25) is 0 Å². The number of esters is 1. The normalized spacial score (nSPS) is 10.6. The monoisotopic (exact) mass is 359 g/mol. The minimum atomic E-state index is -0.606. The average Bonchev–Trinajstić information content (AvgIpc) is 3.07. The second-order valence-corrected chi connectivity index (χ2v) is 5.31. The van der Waals surface area contributed by atoms with E-state index in [1.54, 1.807) is 16.7 Å². The van der Waals surface area contributed by atoms with Crippen LogP contribution in [0.4, 0.5) is 5.69 Å². The largest absolute Gasteiger partial charge is 0.464 e. The Morgan fingerprint density at radius 3 is 3.00 bits per heavy atom. The first-order valence-electron chi connectivity index (χ1n) is 6.20. The molecule has 3 N–H and O–H groups in total. The van der Waals surface area contributed by atoms with Gasteiger partial charge in [-0.1, -0.05) is 0 Å². The van der Waals surface area contributed by atoms with Crippen molar-refractivity contribution in [1.82, 2.24) is 14.8 Å². The molecule has 0 bridgehead atoms. The highest BCUT2D eigenvalue weighted by atomic mass is 79.9. The van der Waals surface area contributed by atoms with Crippen LogP contribution >= 0.6 is 15.9 Å². The lowest BCUT2D eigenvalue weighted by Crippen LogP contribution is -2.11. The van der Waals surface area contributed by atoms with E-state index in [9.17, 15) is 4.79 Å². The van der Waals surface area contributed by atoms with Crippen molar-refractivity contribution in [2.24, 2.45) is 0 Å². The lowest BCUT2D eigenvalue weighted by molar-refractivity contribution is 0.0593. The number of hydrogen-bond donors (Lipinski definition) is 2. The number of rotatable bonds is 2. The number of nitriles is 1. The third-order valence-electron chi connectivity index (χ3n) is 3.31. The number of carbonyl (C=O) groups excluding carboxylic acids is 1. The van der Waals surface area contributed by atoms with Crippen LogP contribution in [0.3, 0.4) is 0 Å². The van der Waals surface area contributed by atoms with Gasteiger partial charge in [0.25, 0.3) is 0 Å². The van der Waals surface area contributed by atoms with Gasteiger partial charge in [0.1, 0.15) is 10.7 Å². The van der Waals surface area contributed by atoms with Crippen molar-refractivity contribution >= 4 is 38.5 Å². The van der Waals surface area contributed by atoms with Gasteiger partial charge < -0.3 is 15.0 Å². The molecule has 0 atom stereocenters. The minimum absolute atomic E-state index is 0.0979. The summed E-state index contributed by atoms with van der Waals surface area (Å²) >= 11 is 3.37. The lowest BCUT2D eigenvalue weighted by atomic mass is 10.2. The van der Waals surface area contributed by atoms with Crippen molar-refractivity contribution in [3.05, 3.63) is 40.3 Å². The van der Waals surface area contributed by atoms with Crippen LogP contribution in [-0.2, 0) is 4.74 Å². The smallest absolute Gasteiger partial charge is 0.357 e. The summed E-state index contributed by atoms with van der Waals surface area (Å²) in [5, 5.41) is 16.9. The molecule has 0 saturated heterocycles. The fraction of sp³-hybridized carbons (Fsp3) is 0.0714. The summed E-state index contributed by atoms with van der Waals surface area (Å²) in [6, 6.07) is 7.38. The number of halogens is 1. The summed E-state index contributed by atoms with van der Waals surface area (Å²) in [7, 11) is 1.26. The Kier molecular flexibility index (Phi) is 3.35. The van der Waals surface area contributed by atoms with Crippen LogP contribution < -0.4 is 5.73 Å². The molecule has 0 amide bonds. The van der Waals surface area contributed by atoms with Crippen LogP contribution in [0.15, 0.2) is 29.0 Å². The fourth-order valence-corrected chi connectivity index (χ4v) is 2.64. The van der Waals surface area contributed by atoms with Gasteiger partial charge >= 0.3 is 5.97 Å². The second kappa shape index (κ2) is 5.20. The summed E-state index contributed by atoms with van der Waals surface area (Å²) in [6.07, 6.45) is 1.51. The standard InChI is InChI=1S/C14H10BrN5O2/c1-22-14(21)12-11(17)7(5-16)6-20(12)8-2-3-10-9(4-8)13(15)19-18-10/h2-4,6H,17H2,1H3,(H,18,19). The van der Waals surface area contributed by atoms with Crippen molar-refractivity contribution in [2.75, 3.05) is 12.8 Å². The highest BCUT2D eigenvalue weighted by Gasteiger charge is 2.22. The first kappa shape index (κ1) is 14.2. The molecule has 0 radical (unpaired) electrons. The highest BCUT2D eigenvalue weighted by molar-refractivity contribution is 9.10. The number of anilines is 1. The predicted molar refractivity (Wildman–Crippen MR) is 83.6 cm³/mol. The summed E-state index contributed by atoms with van der Waals surface area (Å²) in [5.74, 6) is -0.606. The number of fused-ring (bicyclic) bond motifs is 1. The van der Waals surface area contributed by atoms with Crippen LogP contribution in [0.5, 0.6) is 0 Å². The van der Waals surface area contributed by atoms with E-state index < -0.39 is 5.97 Å². The molecule has 110 valence electrons. The Hall–Kier alpha value is -2.79. The maximum absolute atomic E-state index is 12.0. The first-order chi connectivity index (χ1) is 10.6. The van der Waals surface area contributed by atoms with Crippen molar-refractivity contribution in [3.8, 4) is 11.8 Å². The topological polar surface area (TPSA) is 110 Å². The molecule has 22 heavy (non-hydrogen) atoms. The van der Waals surface area contributed by atoms with Gasteiger partial charge in [0.05, 0.1) is 23.9 Å². The quantitative estimate of drug-likeness (QED) is 0.682. The second-order valence-electron chi connectivity index (χ2n) is 4.52. The molecule has 7 nitrogen and oxygen atoms in total. The van der Waals surface area contributed by atoms with Gasteiger partial charge in [0, 0.05) is 17.3 Å². The molecule has 0 spiro atoms. The molecule has 3 rings (SSSR count). The van der Waals surface area contributed by atoms with E-state index in [1.807, 2.05) is 12.1 Å². The SMILES string of the molecule is COC(=O)c1c(N)c(C#N)cn1-c1ccc2n[nH]c(Br)c2c1. The molecule has 0 aliphatic rings. The van der Waals surface area contributed by atoms with Gasteiger partial charge in [-0.25, -0.2) is 4.79 Å². The summed E-state index contributed by atoms with van der Waals surface area (Å²) in [4.78, 5) is 12.0. The zero-order valence-electron chi connectivity index (χ0n) is 11.4. The third-order valence-corrected chi connectivity index (χ3v) is 3.92. The Bertz CT molecular complexity index is 935. The number of hydrogen-bond acceptors (Lipinski definition) is 5. The molecule has 8 heteroatoms. The van der Waals surface area contributed by atoms with E-state index >= 15 is 0 Å². The molecule has 2 heterocycles. The molecular weight excluding hydrogens is 350 g/mol. The number of nitrogens with zero attached hydrogens (tertiary/aromatic N) is 3. The van der Waals surface area contributed by atoms with Crippen molar-refractivity contribution in [1.29, 1.82) is 5.26 Å². The van der Waals surface area contributed by atoms with E-state index in [2.05, 4.69) is 26.1 Å². The molecule has 1 aromatic carbocycles. The number of nitrogens with one attached hydrogen (secondary N) is 1. The summed E-state index contributed by atoms with van der Waals surface area (Å²) < 4.78 is 7.02. The highest BCUT2D eigenvalue weighted by Crippen LogP contribution is 2.28. The summed E-state index contributed by atoms with van der Waals surface area (Å²) in [5.41, 5.74) is 7.76. The lowest BCUT2D eigenvalue weighted by Gasteiger charge is -2.08. The Balaban J connectivity index is 2.27. The maximum Gasteiger partial charge on any atom is 0.357 e. The molecule has 0 aliphatic heterocycles. The number of methoxy groups -OCH3 is 1. The van der Waals surface area contributed by atoms with Crippen molar-refractivity contribution in [2.45, 2.75) is 0 Å². The molecule has 0 saturated carbocycles. The molecule has 3 aromatic rings. The third kappa shape index (κ3) is 2.03. The van der Waals surface area contributed by atoms with E-state index in [1.165, 1.54) is 13.3 Å². The van der Waals surface area contributed by atoms with Gasteiger partial charge in [-0.05, 0) is 34.1 Å². The van der Waals surface area contributed by atoms with Gasteiger partial charge in [-0.3, -0.25) is 5.10 Å². The molecule has 0 fully saturated rings. The number of nitrogens with two attached hydrogens (primary N) is 1. The zero-order chi connectivity index (χ0) is 15.9. The van der Waals surface area contributed by atoms with Gasteiger partial charge in [-0.15, -0.1) is 0 Å². The van der Waals surface area contributed by atoms with E-state index in [-0.39, 0.29) is 16.9 Å². The van der Waals surface area contributed by atoms with Crippen LogP contribution in [0.1, 0.15) is 16.1 Å². The van der Waals surface area contributed by atoms with Gasteiger partial charge in [0.15, 0.2) is 5.69 Å². The Morgan fingerprint density at radius 1 is 1.55 bits per heavy atom. The van der Waals surface area contributed by atoms with E-state index in [0.29, 0.717) is 5.69 Å². The number of aromatic amines is 1. The molecule has 2 aromatic heterocycles. The number of H-pyrrole nitrogens is 1. The van der Waals surface area contributed by atoms with Crippen LogP contribution in [-0.4, -0.2) is 27.8 Å². The molecule has 0 unspecified atom stereocenters. The minimum Gasteiger partial charge on any atom is -0.464 e. The van der Waals surface area contributed by atoms with Crippen LogP contribution in [0, 0.1) is 11.3 Å². The number of ether oxygens (including phenoxy) is 1. The van der Waals surface area contributed by atoms with Crippen molar-refractivity contribution in [3.63, 3.8) is 0 Å². The van der Waals surface area contributed by atoms with Crippen LogP contribution in [0.25, 0.3) is 16.6 Å². The average molecular weight is 360 g/mol. The van der Waals surface area contributed by atoms with E-state index in [0.717, 1.165) is 15.5 Å². The fourth-order valence-electron chi connectivity index (χ4n) is 2.23. The first-order valence-corrected chi connectivity index (χ1v) is 6.99. The number of nitrogen functional groups attached to an aromatic ring is 1. The zero-order valence-corrected chi connectivity index (χ0v) is 13.0. The number of benzene rings is 1. The van der Waals surface area contributed by atoms with Gasteiger partial charge in [0.2, 0.25) is 0 Å². The predicted octanol–water partition coefficient (Wildman–Crippen LogP) is 2.36. The van der Waals surface area contributed by atoms with Crippen molar-refractivity contribution < 1.29 is 9.53 Å². The summed E-state index contributed by atoms with van der Waals surface area (Å²) in [6.45, 7) is 0. The molecule has 0 aliphatic carbocycles. The molecular formula is C14H10BrN5O2. The number of carbonyl (C=O) groups is 1. The number of aromatic nitrogens is 3. The van der Waals surface area contributed by atoms with Gasteiger partial charge in [-0.2, -0.15) is 10.4 Å². The van der Waals surface area contributed by atoms with E-state index in [4.69, 9.17) is 15.7 Å². The Morgan fingerprint density at radius 2 is 2.32 bits per heavy atom.